The quantitative estimate of drug-likeness (QED) is 0.468. The van der Waals surface area contributed by atoms with E-state index in [0.29, 0.717) is 42.3 Å². The Balaban J connectivity index is 1.74. The summed E-state index contributed by atoms with van der Waals surface area (Å²) in [6.45, 7) is 2.70. The van der Waals surface area contributed by atoms with Gasteiger partial charge in [0.15, 0.2) is 11.5 Å². The van der Waals surface area contributed by atoms with E-state index in [9.17, 15) is 5.11 Å². The molecule has 0 aliphatic carbocycles. The van der Waals surface area contributed by atoms with Crippen molar-refractivity contribution in [3.63, 3.8) is 0 Å². The van der Waals surface area contributed by atoms with Crippen molar-refractivity contribution < 1.29 is 19.3 Å². The zero-order valence-electron chi connectivity index (χ0n) is 16.5. The van der Waals surface area contributed by atoms with E-state index in [1.54, 1.807) is 38.5 Å². The third kappa shape index (κ3) is 5.45. The molecule has 29 heavy (non-hydrogen) atoms. The van der Waals surface area contributed by atoms with E-state index in [1.807, 2.05) is 19.1 Å². The number of nitrogens with zero attached hydrogens (tertiary/aromatic N) is 3. The lowest BCUT2D eigenvalue weighted by Gasteiger charge is -2.13. The van der Waals surface area contributed by atoms with Crippen LogP contribution >= 0.6 is 0 Å². The topological polar surface area (TPSA) is 111 Å². The van der Waals surface area contributed by atoms with Gasteiger partial charge in [0.25, 0.3) is 0 Å². The van der Waals surface area contributed by atoms with Crippen molar-refractivity contribution in [2.75, 3.05) is 38.1 Å². The number of anilines is 4. The Bertz CT molecular complexity index is 967. The number of benzene rings is 2. The van der Waals surface area contributed by atoms with Gasteiger partial charge >= 0.3 is 0 Å². The minimum absolute atomic E-state index is 0.196. The molecule has 0 bridgehead atoms. The second kappa shape index (κ2) is 9.56. The lowest BCUT2D eigenvalue weighted by atomic mass is 10.2. The first kappa shape index (κ1) is 20.2. The molecule has 0 atom stereocenters. The maximum absolute atomic E-state index is 9.84. The van der Waals surface area contributed by atoms with Crippen LogP contribution in [0.1, 0.15) is 5.56 Å². The molecule has 152 valence electrons. The number of rotatable bonds is 9. The van der Waals surface area contributed by atoms with E-state index in [2.05, 4.69) is 25.6 Å². The molecule has 0 amide bonds. The number of aromatic nitrogens is 3. The largest absolute Gasteiger partial charge is 0.508 e. The summed E-state index contributed by atoms with van der Waals surface area (Å²) in [5, 5.41) is 16.0. The number of nitrogens with one attached hydrogen (secondary N) is 2. The Morgan fingerprint density at radius 3 is 2.24 bits per heavy atom. The summed E-state index contributed by atoms with van der Waals surface area (Å²) >= 11 is 0. The lowest BCUT2D eigenvalue weighted by Crippen LogP contribution is -2.06. The first-order chi connectivity index (χ1) is 14.1. The smallest absolute Gasteiger partial charge is 0.232 e. The molecule has 0 unspecified atom stereocenters. The maximum Gasteiger partial charge on any atom is 0.232 e. The second-order valence-corrected chi connectivity index (χ2v) is 6.09. The SMILES string of the molecule is COCCOc1cc(Nc2ncnc(Nc3ccc(C)c(O)c3)n2)ccc1OC. The van der Waals surface area contributed by atoms with Gasteiger partial charge in [0, 0.05) is 30.6 Å². The van der Waals surface area contributed by atoms with Crippen LogP contribution < -0.4 is 20.1 Å². The first-order valence-corrected chi connectivity index (χ1v) is 8.91. The van der Waals surface area contributed by atoms with Crippen molar-refractivity contribution in [2.45, 2.75) is 6.92 Å². The van der Waals surface area contributed by atoms with Crippen molar-refractivity contribution in [2.24, 2.45) is 0 Å². The Kier molecular flexibility index (Phi) is 6.64. The van der Waals surface area contributed by atoms with Gasteiger partial charge < -0.3 is 30.0 Å². The van der Waals surface area contributed by atoms with Crippen LogP contribution in [-0.2, 0) is 4.74 Å². The number of aryl methyl sites for hydroxylation is 1. The summed E-state index contributed by atoms with van der Waals surface area (Å²) in [5.74, 6) is 2.09. The molecule has 0 saturated carbocycles. The minimum Gasteiger partial charge on any atom is -0.508 e. The van der Waals surface area contributed by atoms with E-state index in [-0.39, 0.29) is 5.75 Å². The highest BCUT2D eigenvalue weighted by Gasteiger charge is 2.08. The standard InChI is InChI=1S/C20H23N5O4/c1-13-4-5-14(10-16(13)26)23-19-21-12-22-20(25-19)24-15-6-7-17(28-3)18(11-15)29-9-8-27-2/h4-7,10-12,26H,8-9H2,1-3H3,(H2,21,22,23,24,25). The molecular formula is C20H23N5O4. The zero-order chi connectivity index (χ0) is 20.6. The van der Waals surface area contributed by atoms with Gasteiger partial charge in [0.2, 0.25) is 11.9 Å². The molecular weight excluding hydrogens is 374 g/mol. The van der Waals surface area contributed by atoms with Gasteiger partial charge in [0.05, 0.1) is 13.7 Å². The molecule has 3 aromatic rings. The van der Waals surface area contributed by atoms with Gasteiger partial charge in [-0.1, -0.05) is 6.07 Å². The molecule has 0 aliphatic rings. The molecule has 9 nitrogen and oxygen atoms in total. The van der Waals surface area contributed by atoms with Crippen LogP contribution in [0.3, 0.4) is 0 Å². The van der Waals surface area contributed by atoms with Gasteiger partial charge in [-0.05, 0) is 30.7 Å². The van der Waals surface area contributed by atoms with Gasteiger partial charge in [-0.15, -0.1) is 0 Å². The second-order valence-electron chi connectivity index (χ2n) is 6.09. The summed E-state index contributed by atoms with van der Waals surface area (Å²) in [7, 11) is 3.20. The van der Waals surface area contributed by atoms with Gasteiger partial charge in [-0.3, -0.25) is 0 Å². The maximum atomic E-state index is 9.84. The van der Waals surface area contributed by atoms with Crippen LogP contribution in [-0.4, -0.2) is 47.5 Å². The summed E-state index contributed by atoms with van der Waals surface area (Å²) in [5.41, 5.74) is 2.18. The number of hydrogen-bond acceptors (Lipinski definition) is 9. The van der Waals surface area contributed by atoms with Crippen molar-refractivity contribution in [3.05, 3.63) is 48.3 Å². The Labute approximate surface area is 168 Å². The third-order valence-electron chi connectivity index (χ3n) is 4.00. The molecule has 2 aromatic carbocycles. The average molecular weight is 397 g/mol. The van der Waals surface area contributed by atoms with Crippen molar-refractivity contribution in [1.29, 1.82) is 0 Å². The van der Waals surface area contributed by atoms with E-state index in [0.717, 1.165) is 11.3 Å². The number of ether oxygens (including phenoxy) is 3. The van der Waals surface area contributed by atoms with E-state index >= 15 is 0 Å². The molecule has 0 aliphatic heterocycles. The van der Waals surface area contributed by atoms with Crippen LogP contribution in [0.2, 0.25) is 0 Å². The molecule has 0 spiro atoms. The first-order valence-electron chi connectivity index (χ1n) is 8.91. The normalized spacial score (nSPS) is 10.4. The van der Waals surface area contributed by atoms with Crippen molar-refractivity contribution in [3.8, 4) is 17.2 Å². The molecule has 3 N–H and O–H groups in total. The van der Waals surface area contributed by atoms with Crippen molar-refractivity contribution >= 4 is 23.3 Å². The van der Waals surface area contributed by atoms with Crippen LogP contribution in [0.4, 0.5) is 23.3 Å². The monoisotopic (exact) mass is 397 g/mol. The van der Waals surface area contributed by atoms with Crippen LogP contribution in [0.15, 0.2) is 42.7 Å². The van der Waals surface area contributed by atoms with Crippen LogP contribution in [0, 0.1) is 6.92 Å². The fourth-order valence-corrected chi connectivity index (χ4v) is 2.46. The lowest BCUT2D eigenvalue weighted by molar-refractivity contribution is 0.144. The summed E-state index contributed by atoms with van der Waals surface area (Å²) < 4.78 is 16.0. The van der Waals surface area contributed by atoms with E-state index < -0.39 is 0 Å². The average Bonchev–Trinajstić information content (AvgIpc) is 2.71. The molecule has 0 saturated heterocycles. The number of methoxy groups -OCH3 is 2. The molecule has 1 heterocycles. The summed E-state index contributed by atoms with van der Waals surface area (Å²) in [4.78, 5) is 12.6. The van der Waals surface area contributed by atoms with Crippen LogP contribution in [0.5, 0.6) is 17.2 Å². The Morgan fingerprint density at radius 1 is 0.897 bits per heavy atom. The van der Waals surface area contributed by atoms with Crippen molar-refractivity contribution in [1.82, 2.24) is 15.0 Å². The van der Waals surface area contributed by atoms with Gasteiger partial charge in [-0.25, -0.2) is 9.97 Å². The molecule has 1 aromatic heterocycles. The molecule has 0 radical (unpaired) electrons. The number of phenolic OH excluding ortho intramolecular Hbond substituents is 1. The van der Waals surface area contributed by atoms with Crippen LogP contribution in [0.25, 0.3) is 0 Å². The third-order valence-corrected chi connectivity index (χ3v) is 4.00. The molecule has 0 fully saturated rings. The molecule has 3 rings (SSSR count). The highest BCUT2D eigenvalue weighted by atomic mass is 16.5. The van der Waals surface area contributed by atoms with E-state index in [1.165, 1.54) is 6.33 Å². The van der Waals surface area contributed by atoms with Gasteiger partial charge in [0.1, 0.15) is 18.7 Å². The zero-order valence-corrected chi connectivity index (χ0v) is 16.5. The Hall–Kier alpha value is -3.59. The number of hydrogen-bond donors (Lipinski definition) is 3. The molecule has 9 heteroatoms. The highest BCUT2D eigenvalue weighted by Crippen LogP contribution is 2.31. The van der Waals surface area contributed by atoms with E-state index in [4.69, 9.17) is 14.2 Å². The summed E-state index contributed by atoms with van der Waals surface area (Å²) in [6.07, 6.45) is 1.39. The predicted octanol–water partition coefficient (Wildman–Crippen LogP) is 3.41. The predicted molar refractivity (Wildman–Crippen MR) is 110 cm³/mol. The summed E-state index contributed by atoms with van der Waals surface area (Å²) in [6, 6.07) is 10.7. The van der Waals surface area contributed by atoms with Gasteiger partial charge in [-0.2, -0.15) is 4.98 Å². The number of aromatic hydroxyl groups is 1. The number of phenols is 1. The fourth-order valence-electron chi connectivity index (χ4n) is 2.46. The fraction of sp³-hybridized carbons (Fsp3) is 0.250. The highest BCUT2D eigenvalue weighted by molar-refractivity contribution is 5.61. The Morgan fingerprint density at radius 2 is 1.59 bits per heavy atom. The minimum atomic E-state index is 0.196.